The molecule has 0 saturated heterocycles. The number of nitrogens with zero attached hydrogens (tertiary/aromatic N) is 1. The van der Waals surface area contributed by atoms with Crippen molar-refractivity contribution < 1.29 is 23.0 Å². The third-order valence-electron chi connectivity index (χ3n) is 3.94. The molecule has 3 rings (SSSR count). The first kappa shape index (κ1) is 20.1. The van der Waals surface area contributed by atoms with E-state index >= 15 is 0 Å². The number of carbonyl (C=O) groups excluding carboxylic acids is 1. The Morgan fingerprint density at radius 3 is 2.45 bits per heavy atom. The van der Waals surface area contributed by atoms with Crippen molar-refractivity contribution >= 4 is 17.4 Å². The van der Waals surface area contributed by atoms with Gasteiger partial charge in [0.15, 0.2) is 0 Å². The van der Waals surface area contributed by atoms with Gasteiger partial charge in [-0.25, -0.2) is 13.8 Å². The minimum absolute atomic E-state index is 0.103. The van der Waals surface area contributed by atoms with Gasteiger partial charge in [-0.3, -0.25) is 4.79 Å². The van der Waals surface area contributed by atoms with Crippen molar-refractivity contribution in [3.8, 4) is 11.5 Å². The summed E-state index contributed by atoms with van der Waals surface area (Å²) in [6.07, 6.45) is 1.36. The number of methoxy groups -OCH3 is 1. The summed E-state index contributed by atoms with van der Waals surface area (Å²) in [6, 6.07) is 13.4. The van der Waals surface area contributed by atoms with E-state index in [0.717, 1.165) is 23.6 Å². The first-order valence-corrected chi connectivity index (χ1v) is 8.78. The Hall–Kier alpha value is -3.68. The SMILES string of the molecule is COc1ccc(OCCNc2ccc(C(=O)Nc3ccc(F)cc3F)cn2)cc1. The van der Waals surface area contributed by atoms with Gasteiger partial charge >= 0.3 is 0 Å². The number of anilines is 2. The molecule has 0 radical (unpaired) electrons. The smallest absolute Gasteiger partial charge is 0.257 e. The van der Waals surface area contributed by atoms with Crippen molar-refractivity contribution in [2.45, 2.75) is 0 Å². The van der Waals surface area contributed by atoms with Gasteiger partial charge in [-0.15, -0.1) is 0 Å². The van der Waals surface area contributed by atoms with Gasteiger partial charge in [0.2, 0.25) is 0 Å². The Balaban J connectivity index is 1.47. The Bertz CT molecular complexity index is 964. The van der Waals surface area contributed by atoms with Crippen molar-refractivity contribution in [3.63, 3.8) is 0 Å². The number of halogens is 2. The summed E-state index contributed by atoms with van der Waals surface area (Å²) in [5.41, 5.74) is 0.142. The predicted octanol–water partition coefficient (Wildman–Crippen LogP) is 4.11. The summed E-state index contributed by atoms with van der Waals surface area (Å²) in [6.45, 7) is 0.922. The van der Waals surface area contributed by atoms with Crippen LogP contribution in [0.3, 0.4) is 0 Å². The number of ether oxygens (including phenoxy) is 2. The second-order valence-electron chi connectivity index (χ2n) is 5.96. The average molecular weight is 399 g/mol. The van der Waals surface area contributed by atoms with Gasteiger partial charge in [-0.05, 0) is 48.5 Å². The number of carbonyl (C=O) groups is 1. The lowest BCUT2D eigenvalue weighted by Crippen LogP contribution is -2.15. The van der Waals surface area contributed by atoms with E-state index in [1.165, 1.54) is 6.20 Å². The number of aromatic nitrogens is 1. The number of amides is 1. The Morgan fingerprint density at radius 1 is 1.03 bits per heavy atom. The maximum atomic E-state index is 13.6. The summed E-state index contributed by atoms with van der Waals surface area (Å²) in [4.78, 5) is 16.3. The minimum Gasteiger partial charge on any atom is -0.497 e. The molecule has 150 valence electrons. The second kappa shape index (κ2) is 9.50. The third kappa shape index (κ3) is 5.65. The molecule has 0 atom stereocenters. The van der Waals surface area contributed by atoms with E-state index in [2.05, 4.69) is 15.6 Å². The highest BCUT2D eigenvalue weighted by molar-refractivity contribution is 6.04. The van der Waals surface area contributed by atoms with Crippen LogP contribution in [0.15, 0.2) is 60.8 Å². The molecule has 1 heterocycles. The highest BCUT2D eigenvalue weighted by Crippen LogP contribution is 2.17. The van der Waals surface area contributed by atoms with Gasteiger partial charge in [0.1, 0.15) is 35.6 Å². The van der Waals surface area contributed by atoms with Gasteiger partial charge < -0.3 is 20.1 Å². The summed E-state index contributed by atoms with van der Waals surface area (Å²) < 4.78 is 37.2. The zero-order chi connectivity index (χ0) is 20.6. The molecule has 0 saturated carbocycles. The van der Waals surface area contributed by atoms with E-state index in [1.807, 2.05) is 24.3 Å². The van der Waals surface area contributed by atoms with Gasteiger partial charge in [-0.2, -0.15) is 0 Å². The number of hydrogen-bond donors (Lipinski definition) is 2. The molecule has 1 amide bonds. The summed E-state index contributed by atoms with van der Waals surface area (Å²) in [5.74, 6) is -0.0631. The molecule has 0 aliphatic rings. The number of benzene rings is 2. The van der Waals surface area contributed by atoms with Crippen LogP contribution in [0.4, 0.5) is 20.3 Å². The summed E-state index contributed by atoms with van der Waals surface area (Å²) in [7, 11) is 1.60. The van der Waals surface area contributed by atoms with E-state index in [1.54, 1.807) is 19.2 Å². The largest absolute Gasteiger partial charge is 0.497 e. The van der Waals surface area contributed by atoms with E-state index in [9.17, 15) is 13.6 Å². The number of hydrogen-bond acceptors (Lipinski definition) is 5. The van der Waals surface area contributed by atoms with E-state index in [4.69, 9.17) is 9.47 Å². The topological polar surface area (TPSA) is 72.5 Å². The molecule has 2 N–H and O–H groups in total. The van der Waals surface area contributed by atoms with Crippen molar-refractivity contribution in [2.24, 2.45) is 0 Å². The Labute approximate surface area is 166 Å². The van der Waals surface area contributed by atoms with E-state index in [-0.39, 0.29) is 11.3 Å². The van der Waals surface area contributed by atoms with Crippen LogP contribution in [0.25, 0.3) is 0 Å². The first-order valence-electron chi connectivity index (χ1n) is 8.78. The van der Waals surface area contributed by atoms with Gasteiger partial charge in [0.05, 0.1) is 24.9 Å². The fraction of sp³-hybridized carbons (Fsp3) is 0.143. The highest BCUT2D eigenvalue weighted by atomic mass is 19.1. The number of pyridine rings is 1. The lowest BCUT2D eigenvalue weighted by molar-refractivity contribution is 0.102. The molecule has 0 aliphatic carbocycles. The minimum atomic E-state index is -0.846. The van der Waals surface area contributed by atoms with Crippen LogP contribution in [-0.2, 0) is 0 Å². The van der Waals surface area contributed by atoms with E-state index in [0.29, 0.717) is 25.0 Å². The van der Waals surface area contributed by atoms with Crippen molar-refractivity contribution in [2.75, 3.05) is 30.9 Å². The van der Waals surface area contributed by atoms with Crippen LogP contribution in [0.5, 0.6) is 11.5 Å². The first-order chi connectivity index (χ1) is 14.0. The van der Waals surface area contributed by atoms with Crippen LogP contribution in [0, 0.1) is 11.6 Å². The van der Waals surface area contributed by atoms with E-state index < -0.39 is 17.5 Å². The van der Waals surface area contributed by atoms with Gasteiger partial charge in [-0.1, -0.05) is 0 Å². The average Bonchev–Trinajstić information content (AvgIpc) is 2.74. The molecule has 2 aromatic carbocycles. The fourth-order valence-corrected chi connectivity index (χ4v) is 2.44. The normalized spacial score (nSPS) is 10.3. The monoisotopic (exact) mass is 399 g/mol. The van der Waals surface area contributed by atoms with Crippen LogP contribution in [0.2, 0.25) is 0 Å². The van der Waals surface area contributed by atoms with Crippen molar-refractivity contribution in [1.29, 1.82) is 0 Å². The molecule has 1 aromatic heterocycles. The zero-order valence-corrected chi connectivity index (χ0v) is 15.6. The fourth-order valence-electron chi connectivity index (χ4n) is 2.44. The molecule has 0 spiro atoms. The molecule has 29 heavy (non-hydrogen) atoms. The molecule has 8 heteroatoms. The van der Waals surface area contributed by atoms with Crippen LogP contribution < -0.4 is 20.1 Å². The number of rotatable bonds is 8. The molecule has 0 unspecified atom stereocenters. The molecule has 3 aromatic rings. The second-order valence-corrected chi connectivity index (χ2v) is 5.96. The lowest BCUT2D eigenvalue weighted by Gasteiger charge is -2.09. The highest BCUT2D eigenvalue weighted by Gasteiger charge is 2.10. The van der Waals surface area contributed by atoms with Crippen molar-refractivity contribution in [3.05, 3.63) is 78.0 Å². The quantitative estimate of drug-likeness (QED) is 0.558. The zero-order valence-electron chi connectivity index (χ0n) is 15.6. The predicted molar refractivity (Wildman–Crippen MR) is 106 cm³/mol. The lowest BCUT2D eigenvalue weighted by atomic mass is 10.2. The molecule has 0 aliphatic heterocycles. The van der Waals surface area contributed by atoms with Crippen molar-refractivity contribution in [1.82, 2.24) is 4.98 Å². The Kier molecular flexibility index (Phi) is 6.57. The Morgan fingerprint density at radius 2 is 1.79 bits per heavy atom. The maximum Gasteiger partial charge on any atom is 0.257 e. The molecular weight excluding hydrogens is 380 g/mol. The summed E-state index contributed by atoms with van der Waals surface area (Å²) in [5, 5.41) is 5.46. The number of nitrogens with one attached hydrogen (secondary N) is 2. The van der Waals surface area contributed by atoms with Gasteiger partial charge in [0.25, 0.3) is 5.91 Å². The standard InChI is InChI=1S/C21H19F2N3O3/c1-28-16-4-6-17(7-5-16)29-11-10-24-20-9-2-14(13-25-20)21(27)26-19-8-3-15(22)12-18(19)23/h2-9,12-13H,10-11H2,1H3,(H,24,25)(H,26,27). The molecule has 6 nitrogen and oxygen atoms in total. The molecule has 0 bridgehead atoms. The third-order valence-corrected chi connectivity index (χ3v) is 3.94. The van der Waals surface area contributed by atoms with Crippen LogP contribution in [0.1, 0.15) is 10.4 Å². The molecular formula is C21H19F2N3O3. The van der Waals surface area contributed by atoms with Crippen LogP contribution >= 0.6 is 0 Å². The maximum absolute atomic E-state index is 13.6. The summed E-state index contributed by atoms with van der Waals surface area (Å²) >= 11 is 0. The van der Waals surface area contributed by atoms with Crippen LogP contribution in [-0.4, -0.2) is 31.2 Å². The molecule has 0 fully saturated rings. The van der Waals surface area contributed by atoms with Gasteiger partial charge in [0, 0.05) is 12.3 Å².